The average Bonchev–Trinajstić information content (AvgIpc) is 2.09. The van der Waals surface area contributed by atoms with E-state index in [1.54, 1.807) is 0 Å². The van der Waals surface area contributed by atoms with Gasteiger partial charge in [-0.3, -0.25) is 4.79 Å². The smallest absolute Gasteiger partial charge is 0.309 e. The molecule has 2 nitrogen and oxygen atoms in total. The van der Waals surface area contributed by atoms with E-state index in [1.807, 2.05) is 13.8 Å². The zero-order chi connectivity index (χ0) is 7.72. The van der Waals surface area contributed by atoms with Gasteiger partial charge in [0.05, 0.1) is 5.92 Å². The van der Waals surface area contributed by atoms with Crippen molar-refractivity contribution in [1.29, 1.82) is 0 Å². The molecule has 0 aromatic rings. The van der Waals surface area contributed by atoms with Crippen LogP contribution in [0.25, 0.3) is 0 Å². The summed E-state index contributed by atoms with van der Waals surface area (Å²) in [7, 11) is 0. The Bertz CT molecular complexity index is 142. The lowest BCUT2D eigenvalue weighted by atomic mass is 9.91. The maximum absolute atomic E-state index is 11.0. The summed E-state index contributed by atoms with van der Waals surface area (Å²) in [5.74, 6) is 0.537. The van der Waals surface area contributed by atoms with Crippen LogP contribution in [0.1, 0.15) is 27.2 Å². The van der Waals surface area contributed by atoms with Crippen LogP contribution in [-0.4, -0.2) is 12.1 Å². The van der Waals surface area contributed by atoms with Gasteiger partial charge in [0.15, 0.2) is 0 Å². The Balaban J connectivity index is 2.64. The first-order valence-corrected chi connectivity index (χ1v) is 3.87. The summed E-state index contributed by atoms with van der Waals surface area (Å²) in [6, 6.07) is 0. The second kappa shape index (κ2) is 2.60. The number of carbonyl (C=O) groups is 1. The van der Waals surface area contributed by atoms with Gasteiger partial charge in [0.2, 0.25) is 0 Å². The van der Waals surface area contributed by atoms with E-state index in [-0.39, 0.29) is 18.0 Å². The maximum Gasteiger partial charge on any atom is 0.309 e. The van der Waals surface area contributed by atoms with E-state index < -0.39 is 0 Å². The fraction of sp³-hybridized carbons (Fsp3) is 0.875. The molecule has 1 aliphatic rings. The average molecular weight is 142 g/mol. The van der Waals surface area contributed by atoms with E-state index in [9.17, 15) is 4.79 Å². The lowest BCUT2D eigenvalue weighted by molar-refractivity contribution is -0.143. The van der Waals surface area contributed by atoms with E-state index in [0.29, 0.717) is 5.92 Å². The minimum atomic E-state index is -0.0116. The summed E-state index contributed by atoms with van der Waals surface area (Å²) in [5, 5.41) is 0. The van der Waals surface area contributed by atoms with E-state index in [4.69, 9.17) is 4.74 Å². The standard InChI is InChI=1S/C8H14O2/c1-4-7-5(2)6(3)10-8(7)9/h5-7H,4H2,1-3H3/t5-,6?,7?/m0/s1. The van der Waals surface area contributed by atoms with Crippen LogP contribution in [-0.2, 0) is 9.53 Å². The molecule has 0 spiro atoms. The van der Waals surface area contributed by atoms with Crippen LogP contribution in [0.4, 0.5) is 0 Å². The van der Waals surface area contributed by atoms with Crippen LogP contribution < -0.4 is 0 Å². The van der Waals surface area contributed by atoms with Gasteiger partial charge in [-0.1, -0.05) is 13.8 Å². The van der Waals surface area contributed by atoms with E-state index >= 15 is 0 Å². The fourth-order valence-electron chi connectivity index (χ4n) is 1.46. The normalized spacial score (nSPS) is 39.9. The number of hydrogen-bond donors (Lipinski definition) is 0. The minimum absolute atomic E-state index is 0.0116. The van der Waals surface area contributed by atoms with Gasteiger partial charge < -0.3 is 4.74 Å². The second-order valence-corrected chi connectivity index (χ2v) is 3.02. The summed E-state index contributed by atoms with van der Waals surface area (Å²) in [5.41, 5.74) is 0. The lowest BCUT2D eigenvalue weighted by Gasteiger charge is -2.09. The molecule has 10 heavy (non-hydrogen) atoms. The van der Waals surface area contributed by atoms with Crippen molar-refractivity contribution in [2.45, 2.75) is 33.3 Å². The zero-order valence-corrected chi connectivity index (χ0v) is 6.76. The predicted octanol–water partition coefficient (Wildman–Crippen LogP) is 1.59. The van der Waals surface area contributed by atoms with Gasteiger partial charge in [-0.15, -0.1) is 0 Å². The molecule has 0 radical (unpaired) electrons. The highest BCUT2D eigenvalue weighted by molar-refractivity contribution is 5.75. The summed E-state index contributed by atoms with van der Waals surface area (Å²) in [6.07, 6.45) is 1.03. The molecule has 58 valence electrons. The topological polar surface area (TPSA) is 26.3 Å². The van der Waals surface area contributed by atoms with Crippen LogP contribution in [0.2, 0.25) is 0 Å². The summed E-state index contributed by atoms with van der Waals surface area (Å²) in [4.78, 5) is 11.0. The third kappa shape index (κ3) is 1.02. The van der Waals surface area contributed by atoms with Crippen molar-refractivity contribution >= 4 is 5.97 Å². The Labute approximate surface area is 61.6 Å². The summed E-state index contributed by atoms with van der Waals surface area (Å²) >= 11 is 0. The Kier molecular flexibility index (Phi) is 1.97. The van der Waals surface area contributed by atoms with Gasteiger partial charge in [0.25, 0.3) is 0 Å². The van der Waals surface area contributed by atoms with Crippen molar-refractivity contribution in [3.05, 3.63) is 0 Å². The van der Waals surface area contributed by atoms with Crippen LogP contribution in [0, 0.1) is 11.8 Å². The van der Waals surface area contributed by atoms with Crippen LogP contribution in [0.3, 0.4) is 0 Å². The molecule has 0 bridgehead atoms. The molecule has 1 saturated heterocycles. The third-order valence-corrected chi connectivity index (χ3v) is 2.42. The number of cyclic esters (lactones) is 1. The Morgan fingerprint density at radius 3 is 2.30 bits per heavy atom. The SMILES string of the molecule is CCC1C(=O)OC(C)[C@@H]1C. The number of hydrogen-bond acceptors (Lipinski definition) is 2. The Morgan fingerprint density at radius 1 is 1.50 bits per heavy atom. The molecular formula is C8H14O2. The number of esters is 1. The van der Waals surface area contributed by atoms with E-state index in [0.717, 1.165) is 6.42 Å². The highest BCUT2D eigenvalue weighted by Crippen LogP contribution is 2.29. The van der Waals surface area contributed by atoms with Crippen molar-refractivity contribution in [3.63, 3.8) is 0 Å². The molecule has 1 fully saturated rings. The van der Waals surface area contributed by atoms with Gasteiger partial charge in [-0.25, -0.2) is 0 Å². The summed E-state index contributed by atoms with van der Waals surface area (Å²) < 4.78 is 5.04. The molecule has 2 unspecified atom stereocenters. The maximum atomic E-state index is 11.0. The molecule has 0 aromatic carbocycles. The molecule has 0 saturated carbocycles. The molecule has 0 aromatic heterocycles. The highest BCUT2D eigenvalue weighted by Gasteiger charge is 2.37. The van der Waals surface area contributed by atoms with Gasteiger partial charge >= 0.3 is 5.97 Å². The predicted molar refractivity (Wildman–Crippen MR) is 38.5 cm³/mol. The Hall–Kier alpha value is -0.530. The van der Waals surface area contributed by atoms with Gasteiger partial charge in [0.1, 0.15) is 6.10 Å². The third-order valence-electron chi connectivity index (χ3n) is 2.42. The van der Waals surface area contributed by atoms with Gasteiger partial charge in [0, 0.05) is 5.92 Å². The van der Waals surface area contributed by atoms with Crippen molar-refractivity contribution in [2.24, 2.45) is 11.8 Å². The van der Waals surface area contributed by atoms with Crippen molar-refractivity contribution in [1.82, 2.24) is 0 Å². The number of carbonyl (C=O) groups excluding carboxylic acids is 1. The fourth-order valence-corrected chi connectivity index (χ4v) is 1.46. The number of ether oxygens (including phenoxy) is 1. The van der Waals surface area contributed by atoms with Crippen molar-refractivity contribution in [2.75, 3.05) is 0 Å². The van der Waals surface area contributed by atoms with Crippen molar-refractivity contribution < 1.29 is 9.53 Å². The quantitative estimate of drug-likeness (QED) is 0.520. The monoisotopic (exact) mass is 142 g/mol. The molecule has 0 aliphatic carbocycles. The first-order valence-electron chi connectivity index (χ1n) is 3.87. The van der Waals surface area contributed by atoms with E-state index in [2.05, 4.69) is 6.92 Å². The first kappa shape index (κ1) is 7.58. The van der Waals surface area contributed by atoms with E-state index in [1.165, 1.54) is 0 Å². The second-order valence-electron chi connectivity index (χ2n) is 3.02. The number of rotatable bonds is 1. The van der Waals surface area contributed by atoms with Crippen LogP contribution in [0.15, 0.2) is 0 Å². The molecule has 1 aliphatic heterocycles. The summed E-state index contributed by atoms with van der Waals surface area (Å²) in [6.45, 7) is 6.06. The van der Waals surface area contributed by atoms with Crippen molar-refractivity contribution in [3.8, 4) is 0 Å². The molecule has 1 rings (SSSR count). The molecule has 1 heterocycles. The zero-order valence-electron chi connectivity index (χ0n) is 6.76. The minimum Gasteiger partial charge on any atom is -0.462 e. The molecule has 2 heteroatoms. The van der Waals surface area contributed by atoms with Crippen LogP contribution >= 0.6 is 0 Å². The lowest BCUT2D eigenvalue weighted by Crippen LogP contribution is -2.14. The van der Waals surface area contributed by atoms with Gasteiger partial charge in [-0.2, -0.15) is 0 Å². The highest BCUT2D eigenvalue weighted by atomic mass is 16.6. The molecule has 0 N–H and O–H groups in total. The molecular weight excluding hydrogens is 128 g/mol. The first-order chi connectivity index (χ1) is 4.66. The van der Waals surface area contributed by atoms with Crippen LogP contribution in [0.5, 0.6) is 0 Å². The Morgan fingerprint density at radius 2 is 2.10 bits per heavy atom. The molecule has 0 amide bonds. The largest absolute Gasteiger partial charge is 0.462 e. The van der Waals surface area contributed by atoms with Gasteiger partial charge in [-0.05, 0) is 13.3 Å². The molecule has 3 atom stereocenters.